The van der Waals surface area contributed by atoms with Crippen LogP contribution in [0.3, 0.4) is 0 Å². The monoisotopic (exact) mass is 267 g/mol. The fourth-order valence-corrected chi connectivity index (χ4v) is 1.41. The Morgan fingerprint density at radius 2 is 2.05 bits per heavy atom. The summed E-state index contributed by atoms with van der Waals surface area (Å²) in [5.74, 6) is -0.0339. The van der Waals surface area contributed by atoms with Crippen molar-refractivity contribution in [2.24, 2.45) is 5.73 Å². The molecule has 0 aliphatic heterocycles. The standard InChI is InChI=1S/C13H21N3O3/c1-17-7-8-18-5-2-6-19-10-11-3-4-16-12(9-11)13(14)15/h3-4,9H,2,5-8,10H2,1H3,(H3,14,15). The van der Waals surface area contributed by atoms with Gasteiger partial charge in [0.15, 0.2) is 0 Å². The molecule has 0 fully saturated rings. The van der Waals surface area contributed by atoms with Crippen molar-refractivity contribution in [1.29, 1.82) is 5.41 Å². The van der Waals surface area contributed by atoms with Crippen LogP contribution >= 0.6 is 0 Å². The topological polar surface area (TPSA) is 90.5 Å². The number of methoxy groups -OCH3 is 1. The first-order chi connectivity index (χ1) is 9.24. The zero-order valence-electron chi connectivity index (χ0n) is 11.2. The maximum absolute atomic E-state index is 7.30. The smallest absolute Gasteiger partial charge is 0.141 e. The Morgan fingerprint density at radius 1 is 1.26 bits per heavy atom. The number of ether oxygens (including phenoxy) is 3. The molecule has 3 N–H and O–H groups in total. The summed E-state index contributed by atoms with van der Waals surface area (Å²) < 4.78 is 15.7. The van der Waals surface area contributed by atoms with Gasteiger partial charge in [-0.25, -0.2) is 0 Å². The van der Waals surface area contributed by atoms with Gasteiger partial charge in [0.25, 0.3) is 0 Å². The lowest BCUT2D eigenvalue weighted by molar-refractivity contribution is 0.0483. The molecule has 0 spiro atoms. The van der Waals surface area contributed by atoms with Crippen molar-refractivity contribution in [2.45, 2.75) is 13.0 Å². The molecule has 0 aliphatic rings. The molecule has 0 atom stereocenters. The van der Waals surface area contributed by atoms with Crippen LogP contribution in [0.15, 0.2) is 18.3 Å². The largest absolute Gasteiger partial charge is 0.382 e. The highest BCUT2D eigenvalue weighted by Crippen LogP contribution is 2.03. The van der Waals surface area contributed by atoms with Gasteiger partial charge >= 0.3 is 0 Å². The average Bonchev–Trinajstić information content (AvgIpc) is 2.42. The van der Waals surface area contributed by atoms with E-state index in [1.54, 1.807) is 19.4 Å². The summed E-state index contributed by atoms with van der Waals surface area (Å²) in [6.07, 6.45) is 2.47. The van der Waals surface area contributed by atoms with E-state index in [-0.39, 0.29) is 5.84 Å². The van der Waals surface area contributed by atoms with Crippen LogP contribution in [-0.2, 0) is 20.8 Å². The average molecular weight is 267 g/mol. The Hall–Kier alpha value is -1.50. The van der Waals surface area contributed by atoms with Gasteiger partial charge in [0, 0.05) is 26.5 Å². The van der Waals surface area contributed by atoms with E-state index in [2.05, 4.69) is 4.98 Å². The van der Waals surface area contributed by atoms with Crippen molar-refractivity contribution in [2.75, 3.05) is 33.5 Å². The molecule has 1 rings (SSSR count). The van der Waals surface area contributed by atoms with Crippen LogP contribution < -0.4 is 5.73 Å². The Morgan fingerprint density at radius 3 is 2.79 bits per heavy atom. The number of aromatic nitrogens is 1. The molecule has 0 amide bonds. The van der Waals surface area contributed by atoms with Gasteiger partial charge in [0.05, 0.1) is 19.8 Å². The third kappa shape index (κ3) is 6.85. The quantitative estimate of drug-likeness (QED) is 0.374. The molecule has 0 radical (unpaired) electrons. The van der Waals surface area contributed by atoms with Crippen LogP contribution in [0, 0.1) is 5.41 Å². The van der Waals surface area contributed by atoms with Crippen molar-refractivity contribution < 1.29 is 14.2 Å². The number of hydrogen-bond donors (Lipinski definition) is 2. The second-order valence-corrected chi connectivity index (χ2v) is 3.97. The predicted molar refractivity (Wildman–Crippen MR) is 72.2 cm³/mol. The summed E-state index contributed by atoms with van der Waals surface area (Å²) >= 11 is 0. The lowest BCUT2D eigenvalue weighted by Crippen LogP contribution is -2.13. The van der Waals surface area contributed by atoms with Crippen LogP contribution in [0.4, 0.5) is 0 Å². The first-order valence-electron chi connectivity index (χ1n) is 6.18. The van der Waals surface area contributed by atoms with Gasteiger partial charge in [-0.2, -0.15) is 0 Å². The van der Waals surface area contributed by atoms with Crippen LogP contribution in [0.1, 0.15) is 17.7 Å². The lowest BCUT2D eigenvalue weighted by atomic mass is 10.2. The minimum absolute atomic E-state index is 0.0339. The van der Waals surface area contributed by atoms with Gasteiger partial charge in [-0.05, 0) is 24.1 Å². The fraction of sp³-hybridized carbons (Fsp3) is 0.538. The zero-order chi connectivity index (χ0) is 13.9. The molecule has 19 heavy (non-hydrogen) atoms. The number of nitrogen functional groups attached to an aromatic ring is 1. The Kier molecular flexibility index (Phi) is 7.72. The number of nitrogens with one attached hydrogen (secondary N) is 1. The molecular formula is C13H21N3O3. The SMILES string of the molecule is COCCOCCCOCc1ccnc(C(=N)N)c1. The van der Waals surface area contributed by atoms with Crippen molar-refractivity contribution in [1.82, 2.24) is 4.98 Å². The summed E-state index contributed by atoms with van der Waals surface area (Å²) in [6.45, 7) is 3.01. The Labute approximate surface area is 113 Å². The van der Waals surface area contributed by atoms with Crippen LogP contribution in [-0.4, -0.2) is 44.4 Å². The Bertz CT molecular complexity index is 385. The van der Waals surface area contributed by atoms with Gasteiger partial charge in [-0.1, -0.05) is 0 Å². The third-order valence-electron chi connectivity index (χ3n) is 2.38. The number of pyridine rings is 1. The molecular weight excluding hydrogens is 246 g/mol. The summed E-state index contributed by atoms with van der Waals surface area (Å²) in [5.41, 5.74) is 6.80. The van der Waals surface area contributed by atoms with Gasteiger partial charge in [-0.15, -0.1) is 0 Å². The molecule has 1 aromatic rings. The van der Waals surface area contributed by atoms with E-state index in [0.29, 0.717) is 38.7 Å². The van der Waals surface area contributed by atoms with E-state index in [4.69, 9.17) is 25.4 Å². The maximum Gasteiger partial charge on any atom is 0.141 e. The van der Waals surface area contributed by atoms with E-state index < -0.39 is 0 Å². The van der Waals surface area contributed by atoms with Crippen LogP contribution in [0.25, 0.3) is 0 Å². The van der Waals surface area contributed by atoms with Gasteiger partial charge < -0.3 is 19.9 Å². The summed E-state index contributed by atoms with van der Waals surface area (Å²) in [7, 11) is 1.65. The van der Waals surface area contributed by atoms with Gasteiger partial charge in [-0.3, -0.25) is 10.4 Å². The zero-order valence-corrected chi connectivity index (χ0v) is 11.2. The summed E-state index contributed by atoms with van der Waals surface area (Å²) in [6, 6.07) is 3.61. The number of amidine groups is 1. The molecule has 1 heterocycles. The summed E-state index contributed by atoms with van der Waals surface area (Å²) in [4.78, 5) is 3.99. The van der Waals surface area contributed by atoms with E-state index >= 15 is 0 Å². The highest BCUT2D eigenvalue weighted by atomic mass is 16.5. The predicted octanol–water partition coefficient (Wildman–Crippen LogP) is 0.935. The van der Waals surface area contributed by atoms with E-state index in [0.717, 1.165) is 12.0 Å². The first-order valence-corrected chi connectivity index (χ1v) is 6.18. The van der Waals surface area contributed by atoms with Crippen molar-refractivity contribution in [3.8, 4) is 0 Å². The molecule has 0 unspecified atom stereocenters. The highest BCUT2D eigenvalue weighted by Gasteiger charge is 2.00. The molecule has 0 aromatic carbocycles. The van der Waals surface area contributed by atoms with Crippen molar-refractivity contribution in [3.63, 3.8) is 0 Å². The fourth-order valence-electron chi connectivity index (χ4n) is 1.41. The molecule has 106 valence electrons. The van der Waals surface area contributed by atoms with Crippen molar-refractivity contribution in [3.05, 3.63) is 29.6 Å². The normalized spacial score (nSPS) is 10.6. The van der Waals surface area contributed by atoms with Crippen molar-refractivity contribution >= 4 is 5.84 Å². The number of nitrogens with zero attached hydrogens (tertiary/aromatic N) is 1. The molecule has 1 aromatic heterocycles. The van der Waals surface area contributed by atoms with E-state index in [1.807, 2.05) is 6.07 Å². The second kappa shape index (κ2) is 9.43. The second-order valence-electron chi connectivity index (χ2n) is 3.97. The first kappa shape index (κ1) is 15.6. The minimum atomic E-state index is -0.0339. The molecule has 0 aliphatic carbocycles. The van der Waals surface area contributed by atoms with Gasteiger partial charge in [0.1, 0.15) is 11.5 Å². The van der Waals surface area contributed by atoms with Crippen LogP contribution in [0.2, 0.25) is 0 Å². The lowest BCUT2D eigenvalue weighted by Gasteiger charge is -2.06. The molecule has 0 saturated heterocycles. The molecule has 6 heteroatoms. The molecule has 0 saturated carbocycles. The number of hydrogen-bond acceptors (Lipinski definition) is 5. The summed E-state index contributed by atoms with van der Waals surface area (Å²) in [5, 5.41) is 7.30. The maximum atomic E-state index is 7.30. The van der Waals surface area contributed by atoms with E-state index in [9.17, 15) is 0 Å². The highest BCUT2D eigenvalue weighted by molar-refractivity contribution is 5.93. The number of nitrogens with two attached hydrogens (primary N) is 1. The molecule has 6 nitrogen and oxygen atoms in total. The van der Waals surface area contributed by atoms with Crippen LogP contribution in [0.5, 0.6) is 0 Å². The third-order valence-corrected chi connectivity index (χ3v) is 2.38. The minimum Gasteiger partial charge on any atom is -0.382 e. The Balaban J connectivity index is 2.12. The molecule has 0 bridgehead atoms. The van der Waals surface area contributed by atoms with Gasteiger partial charge in [0.2, 0.25) is 0 Å². The van der Waals surface area contributed by atoms with E-state index in [1.165, 1.54) is 0 Å². The number of rotatable bonds is 10.